The van der Waals surface area contributed by atoms with Crippen LogP contribution in [-0.2, 0) is 7.05 Å². The smallest absolute Gasteiger partial charge is 0.296 e. The van der Waals surface area contributed by atoms with Gasteiger partial charge in [0.05, 0.1) is 42.0 Å². The highest BCUT2D eigenvalue weighted by atomic mass is 19.1. The van der Waals surface area contributed by atoms with Crippen LogP contribution in [0.5, 0.6) is 11.5 Å². The lowest BCUT2D eigenvalue weighted by atomic mass is 10.0. The largest absolute Gasteiger partial charge is 0.497 e. The third-order valence-electron chi connectivity index (χ3n) is 4.38. The number of methoxy groups -OCH3 is 2. The van der Waals surface area contributed by atoms with E-state index >= 15 is 0 Å². The maximum atomic E-state index is 14.7. The van der Waals surface area contributed by atoms with Gasteiger partial charge in [0.25, 0.3) is 5.69 Å². The zero-order valence-electron chi connectivity index (χ0n) is 16.1. The molecule has 29 heavy (non-hydrogen) atoms. The van der Waals surface area contributed by atoms with Crippen molar-refractivity contribution in [2.75, 3.05) is 19.5 Å². The first-order valence-electron chi connectivity index (χ1n) is 8.43. The Morgan fingerprint density at radius 1 is 1.07 bits per heavy atom. The fraction of sp³-hybridized carbons (Fsp3) is 0.211. The standard InChI is InChI=1S/C19H18F2N4O4/c1-10-17(18-13(20)7-12(29-4)8-14(18)21)19(24(2)23-10)22-15-6-5-11(28-3)9-16(15)25(26)27/h5-9,22H,1-4H3. The number of nitro groups is 1. The van der Waals surface area contributed by atoms with Gasteiger partial charge in [0.2, 0.25) is 0 Å². The number of nitrogens with one attached hydrogen (secondary N) is 1. The summed E-state index contributed by atoms with van der Waals surface area (Å²) >= 11 is 0. The predicted octanol–water partition coefficient (Wildman–Crippen LogP) is 4.34. The van der Waals surface area contributed by atoms with Crippen LogP contribution in [0.25, 0.3) is 11.1 Å². The van der Waals surface area contributed by atoms with Crippen molar-refractivity contribution in [3.63, 3.8) is 0 Å². The molecule has 0 fully saturated rings. The molecule has 0 aliphatic carbocycles. The minimum atomic E-state index is -0.842. The van der Waals surface area contributed by atoms with Crippen LogP contribution in [0, 0.1) is 28.7 Å². The average Bonchev–Trinajstić information content (AvgIpc) is 2.94. The summed E-state index contributed by atoms with van der Waals surface area (Å²) < 4.78 is 40.7. The number of nitro benzene ring substituents is 1. The lowest BCUT2D eigenvalue weighted by molar-refractivity contribution is -0.384. The Morgan fingerprint density at radius 3 is 2.24 bits per heavy atom. The van der Waals surface area contributed by atoms with Crippen LogP contribution in [0.1, 0.15) is 5.69 Å². The van der Waals surface area contributed by atoms with Crippen LogP contribution in [0.2, 0.25) is 0 Å². The summed E-state index contributed by atoms with van der Waals surface area (Å²) in [5, 5.41) is 18.6. The first-order chi connectivity index (χ1) is 13.8. The lowest BCUT2D eigenvalue weighted by Gasteiger charge is -2.13. The number of hydrogen-bond acceptors (Lipinski definition) is 6. The van der Waals surface area contributed by atoms with Crippen LogP contribution in [0.15, 0.2) is 30.3 Å². The van der Waals surface area contributed by atoms with E-state index in [2.05, 4.69) is 10.4 Å². The molecular formula is C19H18F2N4O4. The van der Waals surface area contributed by atoms with Crippen molar-refractivity contribution in [1.29, 1.82) is 0 Å². The van der Waals surface area contributed by atoms with Gasteiger partial charge in [-0.25, -0.2) is 8.78 Å². The molecular weight excluding hydrogens is 386 g/mol. The molecule has 0 amide bonds. The van der Waals surface area contributed by atoms with Crippen molar-refractivity contribution in [3.05, 3.63) is 57.8 Å². The monoisotopic (exact) mass is 404 g/mol. The highest BCUT2D eigenvalue weighted by Crippen LogP contribution is 2.39. The van der Waals surface area contributed by atoms with E-state index in [1.807, 2.05) is 0 Å². The van der Waals surface area contributed by atoms with Crippen molar-refractivity contribution < 1.29 is 23.2 Å². The third kappa shape index (κ3) is 3.68. The minimum absolute atomic E-state index is 0.0330. The summed E-state index contributed by atoms with van der Waals surface area (Å²) in [5.74, 6) is -1.16. The molecule has 0 bridgehead atoms. The van der Waals surface area contributed by atoms with Crippen LogP contribution in [-0.4, -0.2) is 28.9 Å². The number of ether oxygens (including phenoxy) is 2. The molecule has 8 nitrogen and oxygen atoms in total. The van der Waals surface area contributed by atoms with Gasteiger partial charge in [-0.2, -0.15) is 5.10 Å². The second kappa shape index (κ2) is 7.74. The van der Waals surface area contributed by atoms with E-state index in [9.17, 15) is 18.9 Å². The van der Waals surface area contributed by atoms with Gasteiger partial charge in [0.1, 0.15) is 34.6 Å². The van der Waals surface area contributed by atoms with Gasteiger partial charge < -0.3 is 14.8 Å². The van der Waals surface area contributed by atoms with Gasteiger partial charge >= 0.3 is 0 Å². The van der Waals surface area contributed by atoms with Gasteiger partial charge in [-0.3, -0.25) is 14.8 Å². The van der Waals surface area contributed by atoms with Crippen LogP contribution in [0.3, 0.4) is 0 Å². The van der Waals surface area contributed by atoms with Gasteiger partial charge in [-0.05, 0) is 19.1 Å². The Balaban J connectivity index is 2.17. The summed E-state index contributed by atoms with van der Waals surface area (Å²) in [6.07, 6.45) is 0. The molecule has 1 aromatic heterocycles. The van der Waals surface area contributed by atoms with E-state index in [1.165, 1.54) is 37.1 Å². The van der Waals surface area contributed by atoms with Crippen molar-refractivity contribution in [1.82, 2.24) is 9.78 Å². The van der Waals surface area contributed by atoms with Crippen LogP contribution in [0.4, 0.5) is 26.0 Å². The first-order valence-corrected chi connectivity index (χ1v) is 8.43. The van der Waals surface area contributed by atoms with Gasteiger partial charge in [-0.15, -0.1) is 0 Å². The van der Waals surface area contributed by atoms with E-state index in [0.717, 1.165) is 12.1 Å². The van der Waals surface area contributed by atoms with Crippen LogP contribution < -0.4 is 14.8 Å². The van der Waals surface area contributed by atoms with E-state index in [1.54, 1.807) is 14.0 Å². The fourth-order valence-electron chi connectivity index (χ4n) is 3.03. The molecule has 152 valence electrons. The molecule has 3 rings (SSSR count). The molecule has 10 heteroatoms. The number of aryl methyl sites for hydroxylation is 2. The summed E-state index contributed by atoms with van der Waals surface area (Å²) in [5.41, 5.74) is 0.0404. The molecule has 0 aliphatic rings. The molecule has 0 spiro atoms. The fourth-order valence-corrected chi connectivity index (χ4v) is 3.03. The Bertz CT molecular complexity index is 1080. The van der Waals surface area contributed by atoms with Crippen molar-refractivity contribution in [2.24, 2.45) is 7.05 Å². The molecule has 2 aromatic carbocycles. The topological polar surface area (TPSA) is 91.5 Å². The maximum absolute atomic E-state index is 14.7. The van der Waals surface area contributed by atoms with E-state index in [-0.39, 0.29) is 34.1 Å². The molecule has 0 unspecified atom stereocenters. The van der Waals surface area contributed by atoms with E-state index in [0.29, 0.717) is 11.4 Å². The highest BCUT2D eigenvalue weighted by Gasteiger charge is 2.25. The summed E-state index contributed by atoms with van der Waals surface area (Å²) in [6, 6.07) is 6.35. The average molecular weight is 404 g/mol. The van der Waals surface area contributed by atoms with E-state index in [4.69, 9.17) is 9.47 Å². The molecule has 1 N–H and O–H groups in total. The second-order valence-corrected chi connectivity index (χ2v) is 6.16. The predicted molar refractivity (Wildman–Crippen MR) is 103 cm³/mol. The summed E-state index contributed by atoms with van der Waals surface area (Å²) in [6.45, 7) is 1.59. The molecule has 0 aliphatic heterocycles. The Morgan fingerprint density at radius 2 is 1.69 bits per heavy atom. The highest BCUT2D eigenvalue weighted by molar-refractivity contribution is 5.83. The number of anilines is 2. The molecule has 0 saturated carbocycles. The Kier molecular flexibility index (Phi) is 5.35. The Hall–Kier alpha value is -3.69. The first kappa shape index (κ1) is 20.1. The molecule has 3 aromatic rings. The minimum Gasteiger partial charge on any atom is -0.497 e. The summed E-state index contributed by atoms with van der Waals surface area (Å²) in [7, 11) is 4.26. The normalized spacial score (nSPS) is 10.7. The molecule has 0 atom stereocenters. The van der Waals surface area contributed by atoms with Crippen molar-refractivity contribution in [3.8, 4) is 22.6 Å². The number of rotatable bonds is 6. The third-order valence-corrected chi connectivity index (χ3v) is 4.38. The summed E-state index contributed by atoms with van der Waals surface area (Å²) in [4.78, 5) is 10.9. The Labute approximate surface area is 164 Å². The SMILES string of the molecule is COc1cc(F)c(-c2c(C)nn(C)c2Nc2ccc(OC)cc2[N+](=O)[O-])c(F)c1. The van der Waals surface area contributed by atoms with Crippen LogP contribution >= 0.6 is 0 Å². The number of benzene rings is 2. The zero-order valence-corrected chi connectivity index (χ0v) is 16.1. The number of nitrogens with zero attached hydrogens (tertiary/aromatic N) is 3. The second-order valence-electron chi connectivity index (χ2n) is 6.16. The quantitative estimate of drug-likeness (QED) is 0.485. The lowest BCUT2D eigenvalue weighted by Crippen LogP contribution is -2.04. The number of aromatic nitrogens is 2. The zero-order chi connectivity index (χ0) is 21.3. The van der Waals surface area contributed by atoms with Gasteiger partial charge in [0, 0.05) is 19.2 Å². The van der Waals surface area contributed by atoms with Crippen molar-refractivity contribution in [2.45, 2.75) is 6.92 Å². The molecule has 0 radical (unpaired) electrons. The van der Waals surface area contributed by atoms with Gasteiger partial charge in [-0.1, -0.05) is 0 Å². The van der Waals surface area contributed by atoms with E-state index < -0.39 is 16.6 Å². The number of hydrogen-bond donors (Lipinski definition) is 1. The molecule has 0 saturated heterocycles. The number of halogens is 2. The maximum Gasteiger partial charge on any atom is 0.296 e. The van der Waals surface area contributed by atoms with Crippen molar-refractivity contribution >= 4 is 17.2 Å². The van der Waals surface area contributed by atoms with Gasteiger partial charge in [0.15, 0.2) is 0 Å². The molecule has 1 heterocycles.